The van der Waals surface area contributed by atoms with Gasteiger partial charge in [-0.2, -0.15) is 0 Å². The van der Waals surface area contributed by atoms with Crippen molar-refractivity contribution in [3.63, 3.8) is 0 Å². The Labute approximate surface area is 115 Å². The lowest BCUT2D eigenvalue weighted by atomic mass is 9.90. The number of ether oxygens (including phenoxy) is 1. The Morgan fingerprint density at radius 3 is 2.53 bits per heavy atom. The molecular weight excluding hydrogens is 244 g/mol. The molecule has 1 atom stereocenters. The fourth-order valence-electron chi connectivity index (χ4n) is 2.58. The molecule has 0 radical (unpaired) electrons. The average Bonchev–Trinajstić information content (AvgIpc) is 2.54. The minimum Gasteiger partial charge on any atom is -0.385 e. The first kappa shape index (κ1) is 16.0. The van der Waals surface area contributed by atoms with Gasteiger partial charge in [0.1, 0.15) is 5.54 Å². The van der Waals surface area contributed by atoms with Crippen LogP contribution in [-0.4, -0.2) is 48.6 Å². The molecule has 1 aliphatic heterocycles. The third kappa shape index (κ3) is 3.47. The molecule has 1 saturated heterocycles. The zero-order chi connectivity index (χ0) is 14.5. The van der Waals surface area contributed by atoms with Crippen LogP contribution in [0.15, 0.2) is 0 Å². The van der Waals surface area contributed by atoms with E-state index in [9.17, 15) is 9.59 Å². The van der Waals surface area contributed by atoms with Gasteiger partial charge in [0.2, 0.25) is 11.8 Å². The quantitative estimate of drug-likeness (QED) is 0.792. The molecule has 1 rings (SSSR count). The van der Waals surface area contributed by atoms with Gasteiger partial charge in [0.25, 0.3) is 0 Å². The van der Waals surface area contributed by atoms with E-state index in [4.69, 9.17) is 4.74 Å². The first-order valence-electron chi connectivity index (χ1n) is 7.11. The Morgan fingerprint density at radius 2 is 2.00 bits per heavy atom. The van der Waals surface area contributed by atoms with Crippen molar-refractivity contribution in [2.45, 2.75) is 58.0 Å². The minimum atomic E-state index is -0.727. The highest BCUT2D eigenvalue weighted by Gasteiger charge is 2.42. The molecule has 110 valence electrons. The average molecular weight is 270 g/mol. The van der Waals surface area contributed by atoms with Crippen molar-refractivity contribution in [2.75, 3.05) is 20.3 Å². The molecule has 0 aromatic carbocycles. The molecule has 0 spiro atoms. The van der Waals surface area contributed by atoms with Gasteiger partial charge in [0, 0.05) is 32.7 Å². The number of methoxy groups -OCH3 is 1. The fraction of sp³-hybridized carbons (Fsp3) is 0.857. The molecule has 1 heterocycles. The number of carbonyl (C=O) groups is 2. The summed E-state index contributed by atoms with van der Waals surface area (Å²) in [5.41, 5.74) is -0.727. The molecule has 1 N–H and O–H groups in total. The van der Waals surface area contributed by atoms with Crippen molar-refractivity contribution in [3.8, 4) is 0 Å². The summed E-state index contributed by atoms with van der Waals surface area (Å²) in [7, 11) is 1.66. The van der Waals surface area contributed by atoms with Crippen LogP contribution < -0.4 is 5.32 Å². The molecule has 1 fully saturated rings. The molecular formula is C14H26N2O3. The number of carbonyl (C=O) groups excluding carboxylic acids is 2. The topological polar surface area (TPSA) is 58.6 Å². The van der Waals surface area contributed by atoms with Crippen molar-refractivity contribution in [3.05, 3.63) is 0 Å². The summed E-state index contributed by atoms with van der Waals surface area (Å²) in [4.78, 5) is 26.4. The summed E-state index contributed by atoms with van der Waals surface area (Å²) in [6.07, 6.45) is 2.42. The summed E-state index contributed by atoms with van der Waals surface area (Å²) in [6.45, 7) is 7.04. The van der Waals surface area contributed by atoms with Gasteiger partial charge in [-0.15, -0.1) is 0 Å². The van der Waals surface area contributed by atoms with Crippen LogP contribution >= 0.6 is 0 Å². The Morgan fingerprint density at radius 1 is 1.37 bits per heavy atom. The fourth-order valence-corrected chi connectivity index (χ4v) is 2.58. The van der Waals surface area contributed by atoms with Gasteiger partial charge < -0.3 is 15.0 Å². The zero-order valence-electron chi connectivity index (χ0n) is 12.5. The summed E-state index contributed by atoms with van der Waals surface area (Å²) < 4.78 is 5.08. The lowest BCUT2D eigenvalue weighted by Crippen LogP contribution is -2.58. The van der Waals surface area contributed by atoms with Crippen molar-refractivity contribution < 1.29 is 14.3 Å². The van der Waals surface area contributed by atoms with Crippen molar-refractivity contribution in [1.82, 2.24) is 10.2 Å². The lowest BCUT2D eigenvalue weighted by Gasteiger charge is -2.36. The number of nitrogens with zero attached hydrogens (tertiary/aromatic N) is 1. The van der Waals surface area contributed by atoms with E-state index in [2.05, 4.69) is 5.32 Å². The number of hydrogen-bond donors (Lipinski definition) is 1. The third-order valence-corrected chi connectivity index (χ3v) is 4.11. The van der Waals surface area contributed by atoms with Crippen LogP contribution in [-0.2, 0) is 14.3 Å². The molecule has 0 aromatic rings. The predicted octanol–water partition coefficient (Wildman–Crippen LogP) is 1.32. The second-order valence-corrected chi connectivity index (χ2v) is 5.22. The van der Waals surface area contributed by atoms with Gasteiger partial charge in [0.15, 0.2) is 0 Å². The van der Waals surface area contributed by atoms with Crippen molar-refractivity contribution >= 4 is 11.8 Å². The number of nitrogens with one attached hydrogen (secondary N) is 1. The van der Waals surface area contributed by atoms with E-state index in [1.165, 1.54) is 0 Å². The van der Waals surface area contributed by atoms with Crippen LogP contribution in [0.3, 0.4) is 0 Å². The predicted molar refractivity (Wildman–Crippen MR) is 73.7 cm³/mol. The van der Waals surface area contributed by atoms with Crippen molar-refractivity contribution in [2.24, 2.45) is 0 Å². The molecule has 0 bridgehead atoms. The highest BCUT2D eigenvalue weighted by Crippen LogP contribution is 2.24. The molecule has 0 aromatic heterocycles. The summed E-state index contributed by atoms with van der Waals surface area (Å²) >= 11 is 0. The second-order valence-electron chi connectivity index (χ2n) is 5.22. The molecule has 1 aliphatic rings. The maximum absolute atomic E-state index is 12.8. The number of amides is 2. The van der Waals surface area contributed by atoms with Gasteiger partial charge in [-0.25, -0.2) is 0 Å². The molecule has 5 nitrogen and oxygen atoms in total. The van der Waals surface area contributed by atoms with Crippen molar-refractivity contribution in [1.29, 1.82) is 0 Å². The molecule has 0 aliphatic carbocycles. The van der Waals surface area contributed by atoms with Gasteiger partial charge >= 0.3 is 0 Å². The SMILES string of the molecule is CCC1(CC)NC(=O)CCN(C(C)CCOC)C1=O. The first-order valence-corrected chi connectivity index (χ1v) is 7.11. The normalized spacial score (nSPS) is 20.9. The smallest absolute Gasteiger partial charge is 0.248 e. The first-order chi connectivity index (χ1) is 9.00. The van der Waals surface area contributed by atoms with Gasteiger partial charge in [-0.3, -0.25) is 9.59 Å². The monoisotopic (exact) mass is 270 g/mol. The molecule has 5 heteroatoms. The summed E-state index contributed by atoms with van der Waals surface area (Å²) in [6, 6.07) is 0.0950. The molecule has 0 saturated carbocycles. The van der Waals surface area contributed by atoms with Crippen LogP contribution in [0.2, 0.25) is 0 Å². The zero-order valence-corrected chi connectivity index (χ0v) is 12.5. The van der Waals surface area contributed by atoms with Gasteiger partial charge in [-0.1, -0.05) is 13.8 Å². The summed E-state index contributed by atoms with van der Waals surface area (Å²) in [5.74, 6) is 0.0189. The van der Waals surface area contributed by atoms with Crippen LogP contribution in [0.1, 0.15) is 46.5 Å². The van der Waals surface area contributed by atoms with Crippen LogP contribution in [0.5, 0.6) is 0 Å². The van der Waals surface area contributed by atoms with Crippen LogP contribution in [0, 0.1) is 0 Å². The van der Waals surface area contributed by atoms with E-state index in [1.54, 1.807) is 7.11 Å². The molecule has 19 heavy (non-hydrogen) atoms. The Bertz CT molecular complexity index is 327. The Balaban J connectivity index is 2.92. The van der Waals surface area contributed by atoms with E-state index < -0.39 is 5.54 Å². The van der Waals surface area contributed by atoms with E-state index in [0.29, 0.717) is 32.4 Å². The van der Waals surface area contributed by atoms with Gasteiger partial charge in [-0.05, 0) is 26.2 Å². The van der Waals surface area contributed by atoms with E-state index in [-0.39, 0.29) is 17.9 Å². The van der Waals surface area contributed by atoms with Crippen LogP contribution in [0.4, 0.5) is 0 Å². The highest BCUT2D eigenvalue weighted by molar-refractivity contribution is 5.93. The lowest BCUT2D eigenvalue weighted by molar-refractivity contribution is -0.141. The van der Waals surface area contributed by atoms with Gasteiger partial charge in [0.05, 0.1) is 0 Å². The van der Waals surface area contributed by atoms with E-state index in [1.807, 2.05) is 25.7 Å². The second kappa shape index (κ2) is 6.89. The standard InChI is InChI=1S/C14H26N2O3/c1-5-14(6-2)13(18)16(9-7-12(17)15-14)11(3)8-10-19-4/h11H,5-10H2,1-4H3,(H,15,17). The number of hydrogen-bond acceptors (Lipinski definition) is 3. The third-order valence-electron chi connectivity index (χ3n) is 4.11. The Hall–Kier alpha value is -1.10. The van der Waals surface area contributed by atoms with E-state index in [0.717, 1.165) is 6.42 Å². The Kier molecular flexibility index (Phi) is 5.79. The van der Waals surface area contributed by atoms with Crippen LogP contribution in [0.25, 0.3) is 0 Å². The maximum Gasteiger partial charge on any atom is 0.248 e. The number of rotatable bonds is 6. The molecule has 2 amide bonds. The summed E-state index contributed by atoms with van der Waals surface area (Å²) in [5, 5.41) is 2.92. The van der Waals surface area contributed by atoms with E-state index >= 15 is 0 Å². The maximum atomic E-state index is 12.8. The molecule has 1 unspecified atom stereocenters. The minimum absolute atomic E-state index is 0.0292. The highest BCUT2D eigenvalue weighted by atomic mass is 16.5. The largest absolute Gasteiger partial charge is 0.385 e.